The summed E-state index contributed by atoms with van der Waals surface area (Å²) in [5.41, 5.74) is 22.0. The molecule has 6 fully saturated rings. The Morgan fingerprint density at radius 3 is 1.39 bits per heavy atom. The van der Waals surface area contributed by atoms with Crippen molar-refractivity contribution in [2.45, 2.75) is 98.2 Å². The monoisotopic (exact) mass is 1350 g/mol. The van der Waals surface area contributed by atoms with Gasteiger partial charge in [-0.05, 0) is 6.07 Å². The van der Waals surface area contributed by atoms with Crippen molar-refractivity contribution in [1.29, 1.82) is 0 Å². The third-order valence-electron chi connectivity index (χ3n) is 14.7. The van der Waals surface area contributed by atoms with E-state index in [-0.39, 0.29) is 68.1 Å². The highest BCUT2D eigenvalue weighted by atomic mass is 31.2. The van der Waals surface area contributed by atoms with Gasteiger partial charge in [0.2, 0.25) is 11.9 Å². The number of aliphatic hydroxyl groups is 4. The molecule has 0 radical (unpaired) electrons. The maximum absolute atomic E-state index is 13.2. The first-order valence-electron chi connectivity index (χ1n) is 26.0. The van der Waals surface area contributed by atoms with Crippen molar-refractivity contribution in [3.63, 3.8) is 0 Å². The largest absolute Gasteiger partial charge is 0.756 e. The van der Waals surface area contributed by atoms with Crippen molar-refractivity contribution < 1.29 is 113 Å². The van der Waals surface area contributed by atoms with Gasteiger partial charge in [0.1, 0.15) is 90.6 Å². The van der Waals surface area contributed by atoms with Gasteiger partial charge < -0.3 is 100.0 Å². The third-order valence-corrected chi connectivity index (χ3v) is 18.6. The summed E-state index contributed by atoms with van der Waals surface area (Å²) in [6, 6.07) is 1.50. The number of aromatic nitrogens is 15. The number of anilines is 4. The van der Waals surface area contributed by atoms with Crippen LogP contribution in [0.3, 0.4) is 0 Å². The molecule has 16 N–H and O–H groups in total. The Morgan fingerprint density at radius 2 is 0.878 bits per heavy atom. The Hall–Kier alpha value is -6.81. The van der Waals surface area contributed by atoms with E-state index in [2.05, 4.69) is 54.8 Å². The number of rotatable bonds is 4. The molecule has 8 aromatic rings. The number of hydrogen-bond acceptors (Lipinski definition) is 37. The van der Waals surface area contributed by atoms with Crippen molar-refractivity contribution in [1.82, 2.24) is 73.1 Å². The Labute approximate surface area is 496 Å². The number of pyridine rings is 1. The zero-order chi connectivity index (χ0) is 63.7. The smallest absolute Gasteiger partial charge is 0.472 e. The highest BCUT2D eigenvalue weighted by Gasteiger charge is 2.55. The molecule has 0 aromatic carbocycles. The van der Waals surface area contributed by atoms with E-state index in [0.717, 1.165) is 28.1 Å². The normalized spacial score (nSPS) is 37.7. The van der Waals surface area contributed by atoms with Crippen LogP contribution in [0.4, 0.5) is 23.4 Å². The van der Waals surface area contributed by atoms with Crippen LogP contribution in [0, 0.1) is 0 Å². The molecule has 0 amide bonds. The van der Waals surface area contributed by atoms with E-state index in [4.69, 9.17) is 78.1 Å². The summed E-state index contributed by atoms with van der Waals surface area (Å²) in [6.45, 7) is -3.45. The molecule has 6 bridgehead atoms. The summed E-state index contributed by atoms with van der Waals surface area (Å²) < 4.78 is 121. The summed E-state index contributed by atoms with van der Waals surface area (Å²) in [7, 11) is -20.9. The van der Waals surface area contributed by atoms with E-state index in [9.17, 15) is 67.8 Å². The standard InChI is InChI=1S/C21H25N9O13P2.C20H24N10O13P2/c22-7-1-2-24-16-10(7)25-5-29(16)19-13(32)14-9(41-19)4-39-45(36,37)43-15-12(31)8(3-38-44(34,35)42-14)40-20(15)30-6-26-11-17(30)27-21(23)28-18(11)33;21-14-8-15(24-3-23-14)29(4-25-8)18-12-10(31)6(40-18)1-38-45(36,37)43-13-11(32)7(2-39-44(34,35)42-12)41-19(13)30-5-26-9-16(30)27-20(22)28-17(9)33/h1-2,5-6,8-9,12-15,19-20,31-32H,3-4H2,(H2,22,24)(H,34,35)(H,36,37)(H3,23,27,28,33);3-7,10-13,18-19,31-32H,1-2H2,(H,34,35)(H,36,37)(H2,21,23,24)(H3,22,27,28,33)/p-2/t8-,9-,12-,13-,14-,15-,19-,20-;6-,7-,10-,11-,12-,13-,18-,19-/m11/s1. The number of H-pyrrole nitrogens is 2. The molecule has 484 valence electrons. The lowest BCUT2D eigenvalue weighted by Crippen LogP contribution is -2.38. The minimum atomic E-state index is -5.32. The summed E-state index contributed by atoms with van der Waals surface area (Å²) >= 11 is 0. The molecule has 6 aliphatic heterocycles. The fourth-order valence-electron chi connectivity index (χ4n) is 10.6. The number of nitrogens with one attached hydrogen (secondary N) is 2. The lowest BCUT2D eigenvalue weighted by Gasteiger charge is -2.31. The number of fused-ring (bicyclic) bond motifs is 11. The van der Waals surface area contributed by atoms with Crippen LogP contribution in [0.2, 0.25) is 0 Å². The highest BCUT2D eigenvalue weighted by molar-refractivity contribution is 7.47. The van der Waals surface area contributed by atoms with E-state index in [1.165, 1.54) is 34.1 Å². The first kappa shape index (κ1) is 62.0. The molecule has 8 aromatic heterocycles. The summed E-state index contributed by atoms with van der Waals surface area (Å²) in [5.74, 6) is -0.580. The molecule has 90 heavy (non-hydrogen) atoms. The second-order valence-corrected chi connectivity index (χ2v) is 25.9. The number of nitrogen functional groups attached to an aromatic ring is 4. The Kier molecular flexibility index (Phi) is 15.9. The van der Waals surface area contributed by atoms with Gasteiger partial charge in [-0.2, -0.15) is 9.97 Å². The van der Waals surface area contributed by atoms with Crippen molar-refractivity contribution in [3.8, 4) is 0 Å². The van der Waals surface area contributed by atoms with Gasteiger partial charge in [0.15, 0.2) is 64.4 Å². The zero-order valence-electron chi connectivity index (χ0n) is 44.9. The van der Waals surface area contributed by atoms with Gasteiger partial charge in [0, 0.05) is 6.20 Å². The maximum Gasteiger partial charge on any atom is 0.472 e. The van der Waals surface area contributed by atoms with E-state index in [1.54, 1.807) is 0 Å². The molecular formula is C41H47N19O26P4-2. The van der Waals surface area contributed by atoms with Gasteiger partial charge in [0.05, 0.1) is 57.4 Å². The van der Waals surface area contributed by atoms with Crippen LogP contribution >= 0.6 is 31.3 Å². The average Bonchev–Trinajstić information content (AvgIpc) is 1.96. The van der Waals surface area contributed by atoms with Crippen molar-refractivity contribution in [2.75, 3.05) is 49.4 Å². The molecule has 0 aliphatic carbocycles. The molecule has 14 rings (SSSR count). The van der Waals surface area contributed by atoms with Crippen LogP contribution in [0.25, 0.3) is 44.7 Å². The van der Waals surface area contributed by atoms with Crippen LogP contribution < -0.4 is 43.8 Å². The Bertz CT molecular complexity index is 4420. The molecule has 49 heteroatoms. The SMILES string of the molecule is Nc1nc2c(ncn2[C@@H]2O[C@@H]3COP(=O)([O-])O[C@@H]4[C@H](O)[C@@H](COP(=O)(O)O[C@@H]2[C@@H]3O)O[C@H]4n2cnc3c(N)ncnc32)c(=O)[nH]1.Nc1nc2c(ncn2[C@@H]2O[C@@H]3COP(=O)([O-])O[C@H]4[C@@H](O)[C@H](n5cnc6c(N)ccnc65)O[C@@H]4COP(=O)(O)O[C@@H]2[C@@H]3O)c(=O)[nH]1. The molecular weight excluding hydrogens is 1300 g/mol. The first-order chi connectivity index (χ1) is 42.6. The van der Waals surface area contributed by atoms with E-state index in [0.29, 0.717) is 0 Å². The molecule has 4 unspecified atom stereocenters. The summed E-state index contributed by atoms with van der Waals surface area (Å²) in [5, 5.41) is 44.1. The predicted octanol–water partition coefficient (Wildman–Crippen LogP) is -5.34. The maximum atomic E-state index is 13.2. The fraction of sp³-hybridized carbons (Fsp3) is 0.488. The number of hydrogen-bond donors (Lipinski definition) is 12. The van der Waals surface area contributed by atoms with Crippen LogP contribution in [-0.2, 0) is 73.4 Å². The Balaban J connectivity index is 0.000000165. The lowest BCUT2D eigenvalue weighted by atomic mass is 10.1. The van der Waals surface area contributed by atoms with Gasteiger partial charge >= 0.3 is 15.6 Å². The molecule has 6 saturated heterocycles. The Morgan fingerprint density at radius 1 is 0.478 bits per heavy atom. The highest BCUT2D eigenvalue weighted by Crippen LogP contribution is 2.55. The number of nitrogens with two attached hydrogens (primary N) is 4. The number of imidazole rings is 4. The number of ether oxygens (including phenoxy) is 4. The van der Waals surface area contributed by atoms with E-state index >= 15 is 0 Å². The molecule has 0 saturated carbocycles. The molecule has 14 heterocycles. The minimum absolute atomic E-state index is 0.00546. The van der Waals surface area contributed by atoms with Crippen LogP contribution in [-0.4, -0.2) is 203 Å². The van der Waals surface area contributed by atoms with Crippen LogP contribution in [0.5, 0.6) is 0 Å². The van der Waals surface area contributed by atoms with Crippen LogP contribution in [0.15, 0.2) is 53.5 Å². The van der Waals surface area contributed by atoms with Gasteiger partial charge in [-0.1, -0.05) is 0 Å². The fourth-order valence-corrected chi connectivity index (χ4v) is 14.4. The van der Waals surface area contributed by atoms with Crippen molar-refractivity contribution >= 4 is 99.3 Å². The molecule has 45 nitrogen and oxygen atoms in total. The summed E-state index contributed by atoms with van der Waals surface area (Å²) in [6.07, 6.45) is -18.8. The molecule has 0 spiro atoms. The van der Waals surface area contributed by atoms with Gasteiger partial charge in [-0.25, -0.2) is 44.0 Å². The molecule has 6 aliphatic rings. The average molecular weight is 1350 g/mol. The number of nitrogens with zero attached hydrogens (tertiary/aromatic N) is 13. The minimum Gasteiger partial charge on any atom is -0.756 e. The van der Waals surface area contributed by atoms with Crippen molar-refractivity contribution in [3.05, 3.63) is 64.6 Å². The number of phosphoric ester groups is 4. The summed E-state index contributed by atoms with van der Waals surface area (Å²) in [4.78, 5) is 113. The van der Waals surface area contributed by atoms with E-state index < -0.39 is 167 Å². The number of phosphoric acid groups is 4. The van der Waals surface area contributed by atoms with E-state index in [1.807, 2.05) is 0 Å². The van der Waals surface area contributed by atoms with Crippen LogP contribution in [0.1, 0.15) is 24.9 Å². The number of aliphatic hydroxyl groups excluding tert-OH is 4. The quantitative estimate of drug-likeness (QED) is 0.0732. The van der Waals surface area contributed by atoms with Gasteiger partial charge in [-0.3, -0.25) is 65.1 Å². The second kappa shape index (κ2) is 23.1. The lowest BCUT2D eigenvalue weighted by molar-refractivity contribution is -0.238. The zero-order valence-corrected chi connectivity index (χ0v) is 48.4. The second-order valence-electron chi connectivity index (χ2n) is 20.4. The topological polar surface area (TPSA) is 652 Å². The van der Waals surface area contributed by atoms with Crippen molar-refractivity contribution in [2.24, 2.45) is 0 Å². The predicted molar refractivity (Wildman–Crippen MR) is 285 cm³/mol. The van der Waals surface area contributed by atoms with Gasteiger partial charge in [0.25, 0.3) is 26.8 Å². The molecule has 20 atom stereocenters. The third kappa shape index (κ3) is 11.5. The van der Waals surface area contributed by atoms with Gasteiger partial charge in [-0.15, -0.1) is 0 Å². The first-order valence-corrected chi connectivity index (χ1v) is 31.9. The number of aromatic amines is 2.